The van der Waals surface area contributed by atoms with Crippen LogP contribution in [0.15, 0.2) is 48.5 Å². The Morgan fingerprint density at radius 2 is 1.53 bits per heavy atom. The molecule has 1 aliphatic rings. The van der Waals surface area contributed by atoms with E-state index in [0.717, 1.165) is 43.4 Å². The Balaban J connectivity index is 0.000000490. The number of aliphatic hydroxyl groups excluding tert-OH is 4. The van der Waals surface area contributed by atoms with Crippen LogP contribution in [0, 0.1) is 35.2 Å². The topological polar surface area (TPSA) is 165 Å². The minimum absolute atomic E-state index is 0.294. The first kappa shape index (κ1) is 45.5. The predicted octanol–water partition coefficient (Wildman–Crippen LogP) is 4.37. The average molecular weight is 705 g/mol. The molecule has 0 spiro atoms. The van der Waals surface area contributed by atoms with E-state index in [2.05, 4.69) is 54.9 Å². The molecule has 1 saturated heterocycles. The molecule has 0 radical (unpaired) electrons. The lowest BCUT2D eigenvalue weighted by atomic mass is 9.46. The van der Waals surface area contributed by atoms with Crippen LogP contribution in [0.25, 0.3) is 0 Å². The smallest absolute Gasteiger partial charge is 0.414 e. The summed E-state index contributed by atoms with van der Waals surface area (Å²) in [5.74, 6) is 11.9. The van der Waals surface area contributed by atoms with Gasteiger partial charge >= 0.3 is 14.0 Å². The first-order valence-electron chi connectivity index (χ1n) is 17.9. The van der Waals surface area contributed by atoms with Gasteiger partial charge in [0.25, 0.3) is 6.26 Å². The second-order valence-corrected chi connectivity index (χ2v) is 12.9. The molecule has 0 aromatic heterocycles. The monoisotopic (exact) mass is 704 g/mol. The summed E-state index contributed by atoms with van der Waals surface area (Å²) in [7, 11) is 0.190. The number of nitrogens with one attached hydrogen (secondary N) is 1. The summed E-state index contributed by atoms with van der Waals surface area (Å²) >= 11 is 0. The summed E-state index contributed by atoms with van der Waals surface area (Å²) in [5.41, 5.74) is 2.30. The van der Waals surface area contributed by atoms with Crippen molar-refractivity contribution in [1.82, 2.24) is 5.23 Å². The third-order valence-corrected chi connectivity index (χ3v) is 8.21. The molecule has 12 heteroatoms. The highest BCUT2D eigenvalue weighted by Gasteiger charge is 2.53. The largest absolute Gasteiger partial charge is 0.494 e. The van der Waals surface area contributed by atoms with Gasteiger partial charge in [-0.3, -0.25) is 0 Å². The molecule has 0 unspecified atom stereocenters. The van der Waals surface area contributed by atoms with Crippen molar-refractivity contribution in [3.8, 4) is 35.7 Å². The average Bonchev–Trinajstić information content (AvgIpc) is 3.44. The van der Waals surface area contributed by atoms with E-state index in [1.807, 2.05) is 50.2 Å². The molecule has 1 heterocycles. The molecular formula is C39H58B2N2O8. The lowest BCUT2D eigenvalue weighted by molar-refractivity contribution is 0.0548. The molecular weight excluding hydrogens is 646 g/mol. The number of hydrogen-bond acceptors (Lipinski definition) is 10. The van der Waals surface area contributed by atoms with Gasteiger partial charge in [0.15, 0.2) is 0 Å². The van der Waals surface area contributed by atoms with Crippen LogP contribution in [0.5, 0.6) is 5.75 Å². The van der Waals surface area contributed by atoms with Gasteiger partial charge < -0.3 is 44.8 Å². The standard InChI is InChI=1S/C20H26BNO4.C18H28BNO3.CH4O/c1-4-5-6-13-24-17-10-7-16(8-11-17)9-12-19(23)18-14-25-20(2,3)21(18)26-15-22;1-3-4-5-6-7-15-8-10-16(11-9-15)12-13-18(22)17(14-21)20-19(2)23;1-2/h7-8,10-11,18-19,23H,4-6,13-14H2,1-3H3;8-11,17-18,20-23H,3-7,14H2,1-2H3;2H,1H3/t18-,19+;17-,18+;/m11./s1. The van der Waals surface area contributed by atoms with Crippen LogP contribution in [-0.4, -0.2) is 90.1 Å². The number of nitrogens with zero attached hydrogens (tertiary/aromatic N) is 1. The molecule has 10 nitrogen and oxygen atoms in total. The lowest BCUT2D eigenvalue weighted by Gasteiger charge is -2.22. The van der Waals surface area contributed by atoms with Gasteiger partial charge in [-0.1, -0.05) is 81.8 Å². The van der Waals surface area contributed by atoms with Crippen molar-refractivity contribution in [1.29, 1.82) is 5.26 Å². The molecule has 0 aliphatic carbocycles. The summed E-state index contributed by atoms with van der Waals surface area (Å²) in [6.45, 7) is 9.79. The van der Waals surface area contributed by atoms with Gasteiger partial charge in [0.2, 0.25) is 0 Å². The number of unbranched alkanes of at least 4 members (excludes halogenated alkanes) is 5. The zero-order valence-electron chi connectivity index (χ0n) is 31.3. The summed E-state index contributed by atoms with van der Waals surface area (Å²) in [5, 5.41) is 57.3. The van der Waals surface area contributed by atoms with Crippen LogP contribution in [-0.2, 0) is 15.8 Å². The van der Waals surface area contributed by atoms with E-state index in [9.17, 15) is 20.3 Å². The van der Waals surface area contributed by atoms with E-state index in [1.165, 1.54) is 50.9 Å². The van der Waals surface area contributed by atoms with Gasteiger partial charge in [-0.2, -0.15) is 5.26 Å². The number of ether oxygens (including phenoxy) is 2. The molecule has 2 aromatic rings. The fourth-order valence-corrected chi connectivity index (χ4v) is 5.30. The molecule has 6 N–H and O–H groups in total. The Morgan fingerprint density at radius 1 is 0.941 bits per heavy atom. The van der Waals surface area contributed by atoms with Crippen molar-refractivity contribution in [3.05, 3.63) is 65.2 Å². The molecule has 1 aliphatic heterocycles. The van der Waals surface area contributed by atoms with E-state index in [4.69, 9.17) is 24.5 Å². The van der Waals surface area contributed by atoms with Crippen molar-refractivity contribution in [3.63, 3.8) is 0 Å². The first-order valence-corrected chi connectivity index (χ1v) is 17.9. The zero-order valence-corrected chi connectivity index (χ0v) is 31.3. The highest BCUT2D eigenvalue weighted by atomic mass is 16.5. The predicted molar refractivity (Wildman–Crippen MR) is 204 cm³/mol. The second kappa shape index (κ2) is 26.3. The Bertz CT molecular complexity index is 1380. The summed E-state index contributed by atoms with van der Waals surface area (Å²) in [4.78, 5) is 0. The van der Waals surface area contributed by atoms with Gasteiger partial charge in [-0.05, 0) is 81.9 Å². The summed E-state index contributed by atoms with van der Waals surface area (Å²) in [6, 6.07) is 14.9. The van der Waals surface area contributed by atoms with Gasteiger partial charge in [0.05, 0.1) is 24.8 Å². The van der Waals surface area contributed by atoms with Gasteiger partial charge in [-0.15, -0.1) is 0 Å². The Kier molecular flexibility index (Phi) is 23.5. The normalized spacial score (nSPS) is 15.8. The fraction of sp³-hybridized carbons (Fsp3) is 0.564. The van der Waals surface area contributed by atoms with Crippen LogP contribution in [0.2, 0.25) is 12.6 Å². The number of aliphatic hydroxyl groups is 4. The zero-order chi connectivity index (χ0) is 38.1. The molecule has 278 valence electrons. The van der Waals surface area contributed by atoms with Crippen molar-refractivity contribution in [2.24, 2.45) is 0 Å². The molecule has 4 atom stereocenters. The molecule has 0 amide bonds. The molecule has 51 heavy (non-hydrogen) atoms. The van der Waals surface area contributed by atoms with Crippen LogP contribution >= 0.6 is 0 Å². The fourth-order valence-electron chi connectivity index (χ4n) is 5.30. The minimum Gasteiger partial charge on any atom is -0.494 e. The molecule has 3 rings (SSSR count). The van der Waals surface area contributed by atoms with E-state index < -0.39 is 37.7 Å². The highest BCUT2D eigenvalue weighted by molar-refractivity contribution is 6.58. The third kappa shape index (κ3) is 18.0. The molecule has 2 aromatic carbocycles. The second-order valence-electron chi connectivity index (χ2n) is 12.9. The number of aryl methyl sites for hydroxylation is 1. The van der Waals surface area contributed by atoms with Gasteiger partial charge in [0.1, 0.15) is 18.0 Å². The van der Waals surface area contributed by atoms with Crippen molar-refractivity contribution >= 4 is 14.0 Å². The number of benzene rings is 2. The number of hydrogen-bond donors (Lipinski definition) is 6. The molecule has 0 bridgehead atoms. The maximum Gasteiger partial charge on any atom is 0.414 e. The Hall–Kier alpha value is -3.50. The summed E-state index contributed by atoms with van der Waals surface area (Å²) < 4.78 is 16.4. The van der Waals surface area contributed by atoms with E-state index >= 15 is 0 Å². The van der Waals surface area contributed by atoms with Crippen molar-refractivity contribution in [2.75, 3.05) is 26.9 Å². The Labute approximate surface area is 306 Å². The van der Waals surface area contributed by atoms with E-state index in [0.29, 0.717) is 6.61 Å². The van der Waals surface area contributed by atoms with Crippen LogP contribution in [0.4, 0.5) is 0 Å². The van der Waals surface area contributed by atoms with Gasteiger partial charge in [0, 0.05) is 30.7 Å². The van der Waals surface area contributed by atoms with Gasteiger partial charge in [-0.25, -0.2) is 0 Å². The molecule has 1 fully saturated rings. The first-order chi connectivity index (χ1) is 24.5. The highest BCUT2D eigenvalue weighted by Crippen LogP contribution is 2.35. The summed E-state index contributed by atoms with van der Waals surface area (Å²) in [6.07, 6.45) is 9.21. The Morgan fingerprint density at radius 3 is 2.10 bits per heavy atom. The third-order valence-electron chi connectivity index (χ3n) is 8.21. The molecule has 0 saturated carbocycles. The van der Waals surface area contributed by atoms with Crippen molar-refractivity contribution < 1.29 is 39.6 Å². The van der Waals surface area contributed by atoms with Crippen molar-refractivity contribution in [2.45, 2.75) is 115 Å². The van der Waals surface area contributed by atoms with Crippen LogP contribution in [0.3, 0.4) is 0 Å². The maximum atomic E-state index is 10.4. The quantitative estimate of drug-likeness (QED) is 0.0640. The lowest BCUT2D eigenvalue weighted by Crippen LogP contribution is -2.48. The van der Waals surface area contributed by atoms with Crippen LogP contribution in [0.1, 0.15) is 89.3 Å². The number of nitriles is 1. The van der Waals surface area contributed by atoms with E-state index in [1.54, 1.807) is 6.26 Å². The SMILES string of the molecule is CCCCCCc1ccc(C#C[C@H](O)[C@@H](CO)NB(C)O)cc1.CCCCCOc1ccc(C#C[C@H](O)[C@H]2COC(C)(C)B2OC#N)cc1.CO. The van der Waals surface area contributed by atoms with Crippen LogP contribution < -0.4 is 9.96 Å². The van der Waals surface area contributed by atoms with E-state index in [-0.39, 0.29) is 12.4 Å². The minimum atomic E-state index is -1.04. The number of rotatable bonds is 16. The maximum absolute atomic E-state index is 10.4.